The molecular weight excluding hydrogens is 376 g/mol. The van der Waals surface area contributed by atoms with Crippen molar-refractivity contribution in [2.75, 3.05) is 13.1 Å². The van der Waals surface area contributed by atoms with Gasteiger partial charge >= 0.3 is 5.69 Å². The Bertz CT molecular complexity index is 1100. The molecule has 2 aliphatic rings. The third-order valence-corrected chi connectivity index (χ3v) is 5.58. The quantitative estimate of drug-likeness (QED) is 0.583. The van der Waals surface area contributed by atoms with Crippen LogP contribution in [0.3, 0.4) is 0 Å². The van der Waals surface area contributed by atoms with Gasteiger partial charge in [0.1, 0.15) is 18.5 Å². The van der Waals surface area contributed by atoms with Gasteiger partial charge in [-0.1, -0.05) is 12.1 Å². The summed E-state index contributed by atoms with van der Waals surface area (Å²) in [5, 5.41) is 15.3. The van der Waals surface area contributed by atoms with Crippen LogP contribution in [0.15, 0.2) is 35.4 Å². The number of likely N-dealkylation sites (tertiary alicyclic amines) is 1. The summed E-state index contributed by atoms with van der Waals surface area (Å²) in [6.45, 7) is 2.30. The van der Waals surface area contributed by atoms with Gasteiger partial charge in [-0.25, -0.2) is 14.2 Å². The number of ether oxygens (including phenoxy) is 1. The lowest BCUT2D eigenvalue weighted by Gasteiger charge is -2.33. The van der Waals surface area contributed by atoms with E-state index in [1.807, 2.05) is 24.3 Å². The molecule has 2 aliphatic heterocycles. The summed E-state index contributed by atoms with van der Waals surface area (Å²) in [6, 6.07) is 7.44. The molecule has 4 heterocycles. The Labute approximate surface area is 165 Å². The van der Waals surface area contributed by atoms with E-state index >= 15 is 0 Å². The topological polar surface area (TPSA) is 113 Å². The Morgan fingerprint density at radius 1 is 1.24 bits per heavy atom. The number of carbonyl (C=O) groups is 1. The predicted molar refractivity (Wildman–Crippen MR) is 98.9 cm³/mol. The molecule has 0 saturated carbocycles. The number of carbonyl (C=O) groups excluding carboxylic acids is 1. The highest BCUT2D eigenvalue weighted by atomic mass is 16.5. The highest BCUT2D eigenvalue weighted by Gasteiger charge is 2.45. The minimum absolute atomic E-state index is 0.0382. The predicted octanol–water partition coefficient (Wildman–Crippen LogP) is -0.568. The highest BCUT2D eigenvalue weighted by molar-refractivity contribution is 5.94. The zero-order valence-electron chi connectivity index (χ0n) is 15.9. The van der Waals surface area contributed by atoms with Gasteiger partial charge in [-0.15, -0.1) is 5.10 Å². The van der Waals surface area contributed by atoms with Gasteiger partial charge in [0.05, 0.1) is 19.6 Å². The summed E-state index contributed by atoms with van der Waals surface area (Å²) in [5.41, 5.74) is 0.948. The minimum Gasteiger partial charge on any atom is -0.363 e. The standard InChI is InChI=1S/C18H20N8O3/c1-23-17(28)26-11-18(29-9-15(26)20-23)6-7-24(10-18)16(27)14-4-2-13(3-5-14)8-25-12-19-21-22-25/h2-5,12H,6-11H2,1H3. The number of aryl methyl sites for hydroxylation is 1. The van der Waals surface area contributed by atoms with E-state index in [-0.39, 0.29) is 18.2 Å². The van der Waals surface area contributed by atoms with Gasteiger partial charge in [0.15, 0.2) is 5.82 Å². The number of fused-ring (bicyclic) bond motifs is 1. The Morgan fingerprint density at radius 3 is 2.83 bits per heavy atom. The van der Waals surface area contributed by atoms with Crippen LogP contribution in [-0.2, 0) is 31.5 Å². The van der Waals surface area contributed by atoms with Crippen LogP contribution in [0.5, 0.6) is 0 Å². The smallest absolute Gasteiger partial charge is 0.345 e. The Morgan fingerprint density at radius 2 is 2.07 bits per heavy atom. The number of amides is 1. The molecule has 150 valence electrons. The normalized spacial score (nSPS) is 20.9. The first-order chi connectivity index (χ1) is 14.0. The van der Waals surface area contributed by atoms with Crippen LogP contribution in [-0.4, -0.2) is 64.1 Å². The second-order valence-corrected chi connectivity index (χ2v) is 7.56. The van der Waals surface area contributed by atoms with E-state index in [0.717, 1.165) is 5.56 Å². The summed E-state index contributed by atoms with van der Waals surface area (Å²) in [5.74, 6) is 0.592. The molecule has 1 spiro atoms. The third-order valence-electron chi connectivity index (χ3n) is 5.58. The van der Waals surface area contributed by atoms with Crippen LogP contribution in [0.1, 0.15) is 28.2 Å². The Hall–Kier alpha value is -3.34. The fourth-order valence-electron chi connectivity index (χ4n) is 4.01. The SMILES string of the molecule is Cn1nc2n(c1=O)CC1(CCN(C(=O)c3ccc(Cn4cnnn4)cc3)C1)OC2. The monoisotopic (exact) mass is 396 g/mol. The van der Waals surface area contributed by atoms with Crippen molar-refractivity contribution in [3.05, 3.63) is 58.0 Å². The van der Waals surface area contributed by atoms with Crippen molar-refractivity contribution < 1.29 is 9.53 Å². The molecule has 2 aromatic heterocycles. The Kier molecular flexibility index (Phi) is 4.05. The zero-order valence-corrected chi connectivity index (χ0v) is 15.9. The lowest BCUT2D eigenvalue weighted by molar-refractivity contribution is -0.0816. The van der Waals surface area contributed by atoms with E-state index in [1.54, 1.807) is 27.5 Å². The molecule has 0 radical (unpaired) electrons. The molecule has 11 heteroatoms. The molecule has 29 heavy (non-hydrogen) atoms. The molecule has 0 bridgehead atoms. The van der Waals surface area contributed by atoms with Crippen LogP contribution in [0.2, 0.25) is 0 Å². The maximum absolute atomic E-state index is 13.0. The summed E-state index contributed by atoms with van der Waals surface area (Å²) >= 11 is 0. The van der Waals surface area contributed by atoms with Crippen LogP contribution in [0.4, 0.5) is 0 Å². The average molecular weight is 396 g/mol. The molecule has 0 aliphatic carbocycles. The Balaban J connectivity index is 1.28. The average Bonchev–Trinajstić information content (AvgIpc) is 3.45. The molecule has 1 atom stereocenters. The van der Waals surface area contributed by atoms with E-state index < -0.39 is 5.60 Å². The number of rotatable bonds is 3. The number of benzene rings is 1. The lowest BCUT2D eigenvalue weighted by atomic mass is 10.0. The van der Waals surface area contributed by atoms with Crippen molar-refractivity contribution >= 4 is 5.91 Å². The lowest BCUT2D eigenvalue weighted by Crippen LogP contribution is -2.47. The van der Waals surface area contributed by atoms with Crippen LogP contribution < -0.4 is 5.69 Å². The second kappa shape index (κ2) is 6.62. The van der Waals surface area contributed by atoms with E-state index in [0.29, 0.717) is 44.0 Å². The summed E-state index contributed by atoms with van der Waals surface area (Å²) in [4.78, 5) is 27.0. The van der Waals surface area contributed by atoms with Crippen LogP contribution in [0, 0.1) is 0 Å². The van der Waals surface area contributed by atoms with E-state index in [4.69, 9.17) is 4.74 Å². The number of tetrazole rings is 1. The number of aromatic nitrogens is 7. The van der Waals surface area contributed by atoms with Gasteiger partial charge in [-0.3, -0.25) is 9.36 Å². The molecular formula is C18H20N8O3. The van der Waals surface area contributed by atoms with Crippen molar-refractivity contribution in [3.8, 4) is 0 Å². The van der Waals surface area contributed by atoms with Gasteiger partial charge < -0.3 is 9.64 Å². The van der Waals surface area contributed by atoms with E-state index in [9.17, 15) is 9.59 Å². The molecule has 1 unspecified atom stereocenters. The molecule has 1 amide bonds. The van der Waals surface area contributed by atoms with Gasteiger partial charge in [-0.05, 0) is 34.5 Å². The highest BCUT2D eigenvalue weighted by Crippen LogP contribution is 2.32. The van der Waals surface area contributed by atoms with Crippen molar-refractivity contribution in [3.63, 3.8) is 0 Å². The van der Waals surface area contributed by atoms with Gasteiger partial charge in [0, 0.05) is 19.2 Å². The number of nitrogens with zero attached hydrogens (tertiary/aromatic N) is 8. The van der Waals surface area contributed by atoms with E-state index in [1.165, 1.54) is 4.68 Å². The molecule has 1 aromatic carbocycles. The zero-order chi connectivity index (χ0) is 20.0. The van der Waals surface area contributed by atoms with Gasteiger partial charge in [0.2, 0.25) is 0 Å². The first-order valence-corrected chi connectivity index (χ1v) is 9.39. The third kappa shape index (κ3) is 3.12. The summed E-state index contributed by atoms with van der Waals surface area (Å²) in [6.07, 6.45) is 2.24. The molecule has 1 saturated heterocycles. The van der Waals surface area contributed by atoms with Crippen molar-refractivity contribution in [2.24, 2.45) is 7.05 Å². The number of hydrogen-bond acceptors (Lipinski definition) is 7. The van der Waals surface area contributed by atoms with Crippen molar-refractivity contribution in [1.82, 2.24) is 39.5 Å². The molecule has 1 fully saturated rings. The molecule has 11 nitrogen and oxygen atoms in total. The fourth-order valence-corrected chi connectivity index (χ4v) is 4.01. The molecule has 5 rings (SSSR count). The van der Waals surface area contributed by atoms with Crippen molar-refractivity contribution in [2.45, 2.75) is 31.7 Å². The van der Waals surface area contributed by atoms with E-state index in [2.05, 4.69) is 20.6 Å². The van der Waals surface area contributed by atoms with Gasteiger partial charge in [-0.2, -0.15) is 5.10 Å². The largest absolute Gasteiger partial charge is 0.363 e. The fraction of sp³-hybridized carbons (Fsp3) is 0.444. The second-order valence-electron chi connectivity index (χ2n) is 7.56. The van der Waals surface area contributed by atoms with Crippen LogP contribution in [0.25, 0.3) is 0 Å². The first kappa shape index (κ1) is 17.7. The minimum atomic E-state index is -0.532. The van der Waals surface area contributed by atoms with Crippen molar-refractivity contribution in [1.29, 1.82) is 0 Å². The maximum Gasteiger partial charge on any atom is 0.345 e. The first-order valence-electron chi connectivity index (χ1n) is 9.39. The number of hydrogen-bond donors (Lipinski definition) is 0. The molecule has 0 N–H and O–H groups in total. The molecule has 3 aromatic rings. The van der Waals surface area contributed by atoms with Crippen LogP contribution >= 0.6 is 0 Å². The summed E-state index contributed by atoms with van der Waals surface area (Å²) < 4.78 is 10.7. The maximum atomic E-state index is 13.0. The summed E-state index contributed by atoms with van der Waals surface area (Å²) in [7, 11) is 1.63. The van der Waals surface area contributed by atoms with Gasteiger partial charge in [0.25, 0.3) is 5.91 Å².